The molecule has 0 aromatic heterocycles. The number of hydrogen-bond acceptors (Lipinski definition) is 4. The molecule has 1 N–H and O–H groups in total. The van der Waals surface area contributed by atoms with Crippen LogP contribution in [0.15, 0.2) is 18.2 Å². The smallest absolute Gasteiger partial charge is 0.303 e. The molecule has 1 rings (SSSR count). The third-order valence-electron chi connectivity index (χ3n) is 1.83. The molecule has 0 saturated heterocycles. The Hall–Kier alpha value is -2.11. The van der Waals surface area contributed by atoms with Gasteiger partial charge in [0, 0.05) is 20.8 Å². The van der Waals surface area contributed by atoms with E-state index in [1.165, 1.54) is 13.2 Å². The number of aryl methyl sites for hydroxylation is 1. The monoisotopic (exact) mass is 227 g/mol. The van der Waals surface area contributed by atoms with Crippen LogP contribution >= 0.6 is 0 Å². The Morgan fingerprint density at radius 2 is 2.38 bits per heavy atom. The summed E-state index contributed by atoms with van der Waals surface area (Å²) in [5.41, 5.74) is -0.781. The van der Waals surface area contributed by atoms with Gasteiger partial charge in [-0.15, -0.1) is 0 Å². The highest BCUT2D eigenvalue weighted by Gasteiger charge is 2.15. The highest BCUT2D eigenvalue weighted by atomic mass is 16.6. The van der Waals surface area contributed by atoms with Crippen LogP contribution in [0.25, 0.3) is 0 Å². The minimum Gasteiger partial charge on any atom is -0.497 e. The van der Waals surface area contributed by atoms with Gasteiger partial charge in [0.1, 0.15) is 5.75 Å². The molecule has 0 fully saturated rings. The summed E-state index contributed by atoms with van der Waals surface area (Å²) in [5, 5.41) is 19.4. The lowest BCUT2D eigenvalue weighted by Crippen LogP contribution is -2.01. The highest BCUT2D eigenvalue weighted by Crippen LogP contribution is 2.24. The van der Waals surface area contributed by atoms with E-state index in [0.717, 1.165) is 12.1 Å². The quantitative estimate of drug-likeness (QED) is 0.609. The lowest BCUT2D eigenvalue weighted by Gasteiger charge is -2.04. The Morgan fingerprint density at radius 3 is 2.88 bits per heavy atom. The van der Waals surface area contributed by atoms with Crippen LogP contribution in [0.4, 0.5) is 5.69 Å². The van der Waals surface area contributed by atoms with Crippen molar-refractivity contribution in [3.05, 3.63) is 33.9 Å². The van der Waals surface area contributed by atoms with Crippen LogP contribution in [-0.4, -0.2) is 23.1 Å². The first kappa shape index (κ1) is 9.14. The fourth-order valence-corrected chi connectivity index (χ4v) is 1.11. The molecule has 0 saturated carbocycles. The molecule has 0 heterocycles. The summed E-state index contributed by atoms with van der Waals surface area (Å²) in [4.78, 5) is 20.6. The SMILES string of the molecule is [2H]C([2H])(CC(=O)O)c1cc(OC)ccc1[N+](=O)[O-]. The maximum Gasteiger partial charge on any atom is 0.303 e. The van der Waals surface area contributed by atoms with Gasteiger partial charge in [-0.05, 0) is 18.5 Å². The highest BCUT2D eigenvalue weighted by molar-refractivity contribution is 5.67. The van der Waals surface area contributed by atoms with Crippen molar-refractivity contribution in [2.45, 2.75) is 12.8 Å². The molecule has 0 amide bonds. The molecule has 1 aromatic rings. The predicted octanol–water partition coefficient (Wildman–Crippen LogP) is 1.62. The Kier molecular flexibility index (Phi) is 2.92. The van der Waals surface area contributed by atoms with Gasteiger partial charge in [-0.1, -0.05) is 0 Å². The topological polar surface area (TPSA) is 89.7 Å². The molecule has 0 radical (unpaired) electrons. The number of ether oxygens (including phenoxy) is 1. The Bertz CT molecular complexity index is 489. The first-order valence-electron chi connectivity index (χ1n) is 5.32. The first-order chi connectivity index (χ1) is 8.27. The van der Waals surface area contributed by atoms with Crippen LogP contribution < -0.4 is 4.74 Å². The van der Waals surface area contributed by atoms with Crippen LogP contribution in [0, 0.1) is 10.1 Å². The van der Waals surface area contributed by atoms with E-state index in [4.69, 9.17) is 12.6 Å². The third-order valence-corrected chi connectivity index (χ3v) is 1.83. The summed E-state index contributed by atoms with van der Waals surface area (Å²) >= 11 is 0. The lowest BCUT2D eigenvalue weighted by atomic mass is 10.1. The number of aliphatic carboxylic acids is 1. The predicted molar refractivity (Wildman–Crippen MR) is 55.6 cm³/mol. The number of carboxylic acids is 1. The van der Waals surface area contributed by atoms with Crippen LogP contribution in [-0.2, 0) is 11.2 Å². The molecule has 1 aromatic carbocycles. The van der Waals surface area contributed by atoms with E-state index in [0.29, 0.717) is 0 Å². The summed E-state index contributed by atoms with van der Waals surface area (Å²) in [7, 11) is 1.33. The van der Waals surface area contributed by atoms with Gasteiger partial charge in [0.2, 0.25) is 0 Å². The van der Waals surface area contributed by atoms with Crippen molar-refractivity contribution >= 4 is 11.7 Å². The number of carbonyl (C=O) groups is 1. The second kappa shape index (κ2) is 5.11. The van der Waals surface area contributed by atoms with Gasteiger partial charge in [-0.2, -0.15) is 0 Å². The van der Waals surface area contributed by atoms with Crippen molar-refractivity contribution in [3.63, 3.8) is 0 Å². The molecule has 6 nitrogen and oxygen atoms in total. The van der Waals surface area contributed by atoms with E-state index < -0.39 is 29.4 Å². The maximum absolute atomic E-state index is 10.8. The summed E-state index contributed by atoms with van der Waals surface area (Å²) in [6, 6.07) is 3.55. The number of rotatable bonds is 5. The molecule has 0 atom stereocenters. The number of nitrogens with zero attached hydrogens (tertiary/aromatic N) is 1. The molecule has 0 aliphatic carbocycles. The molecule has 0 unspecified atom stereocenters. The molecule has 0 spiro atoms. The van der Waals surface area contributed by atoms with E-state index in [-0.39, 0.29) is 11.3 Å². The Morgan fingerprint density at radius 1 is 1.69 bits per heavy atom. The average molecular weight is 227 g/mol. The minimum atomic E-state index is -2.34. The van der Waals surface area contributed by atoms with Crippen LogP contribution in [0.2, 0.25) is 0 Å². The standard InChI is InChI=1S/C10H11NO5/c1-16-8-3-4-9(11(14)15)7(6-8)2-5-10(12)13/h3-4,6H,2,5H2,1H3,(H,12,13)/i2D2. The van der Waals surface area contributed by atoms with Crippen molar-refractivity contribution in [1.29, 1.82) is 0 Å². The first-order valence-corrected chi connectivity index (χ1v) is 4.32. The number of nitro groups is 1. The molecular formula is C10H11NO5. The number of benzene rings is 1. The summed E-state index contributed by atoms with van der Waals surface area (Å²) in [6.07, 6.45) is -3.20. The zero-order valence-electron chi connectivity index (χ0n) is 10.5. The maximum atomic E-state index is 10.8. The van der Waals surface area contributed by atoms with Crippen molar-refractivity contribution in [2.75, 3.05) is 7.11 Å². The number of nitro benzene ring substituents is 1. The average Bonchev–Trinajstić information content (AvgIpc) is 2.26. The van der Waals surface area contributed by atoms with Gasteiger partial charge >= 0.3 is 5.97 Å². The van der Waals surface area contributed by atoms with Crippen LogP contribution in [0.1, 0.15) is 14.7 Å². The van der Waals surface area contributed by atoms with Crippen LogP contribution in [0.5, 0.6) is 5.75 Å². The lowest BCUT2D eigenvalue weighted by molar-refractivity contribution is -0.385. The fraction of sp³-hybridized carbons (Fsp3) is 0.300. The van der Waals surface area contributed by atoms with Gasteiger partial charge in [0.05, 0.1) is 12.0 Å². The molecule has 6 heteroatoms. The van der Waals surface area contributed by atoms with Crippen molar-refractivity contribution in [2.24, 2.45) is 0 Å². The minimum absolute atomic E-state index is 0.227. The van der Waals surface area contributed by atoms with E-state index in [1.807, 2.05) is 0 Å². The zero-order chi connectivity index (χ0) is 13.9. The number of carboxylic acid groups (broad SMARTS) is 1. The van der Waals surface area contributed by atoms with Gasteiger partial charge in [-0.3, -0.25) is 14.9 Å². The van der Waals surface area contributed by atoms with Crippen LogP contribution in [0.3, 0.4) is 0 Å². The third kappa shape index (κ3) is 2.94. The number of methoxy groups -OCH3 is 1. The Balaban J connectivity index is 3.34. The summed E-state index contributed by atoms with van der Waals surface area (Å²) in [5.74, 6) is -1.15. The summed E-state index contributed by atoms with van der Waals surface area (Å²) < 4.78 is 20.1. The van der Waals surface area contributed by atoms with Gasteiger partial charge in [0.25, 0.3) is 5.69 Å². The normalized spacial score (nSPS) is 12.6. The van der Waals surface area contributed by atoms with Crippen molar-refractivity contribution < 1.29 is 22.3 Å². The molecule has 16 heavy (non-hydrogen) atoms. The van der Waals surface area contributed by atoms with Gasteiger partial charge < -0.3 is 9.84 Å². The molecule has 86 valence electrons. The molecular weight excluding hydrogens is 214 g/mol. The van der Waals surface area contributed by atoms with Crippen molar-refractivity contribution in [3.8, 4) is 5.75 Å². The fourth-order valence-electron chi connectivity index (χ4n) is 1.11. The van der Waals surface area contributed by atoms with E-state index >= 15 is 0 Å². The number of hydrogen-bond donors (Lipinski definition) is 1. The second-order valence-corrected chi connectivity index (χ2v) is 2.89. The Labute approximate surface area is 94.4 Å². The molecule has 0 aliphatic heterocycles. The van der Waals surface area contributed by atoms with E-state index in [2.05, 4.69) is 0 Å². The van der Waals surface area contributed by atoms with E-state index in [1.54, 1.807) is 0 Å². The van der Waals surface area contributed by atoms with Gasteiger partial charge in [0.15, 0.2) is 0 Å². The van der Waals surface area contributed by atoms with E-state index in [9.17, 15) is 14.9 Å². The largest absolute Gasteiger partial charge is 0.497 e. The van der Waals surface area contributed by atoms with Gasteiger partial charge in [-0.25, -0.2) is 0 Å². The summed E-state index contributed by atoms with van der Waals surface area (Å²) in [6.45, 7) is 0. The zero-order valence-corrected chi connectivity index (χ0v) is 8.47. The van der Waals surface area contributed by atoms with Crippen molar-refractivity contribution in [1.82, 2.24) is 0 Å². The second-order valence-electron chi connectivity index (χ2n) is 2.89. The molecule has 0 aliphatic rings. The molecule has 0 bridgehead atoms.